The van der Waals surface area contributed by atoms with Crippen LogP contribution in [0.3, 0.4) is 0 Å². The van der Waals surface area contributed by atoms with Crippen LogP contribution in [0, 0.1) is 0 Å². The molecule has 1 aromatic rings. The zero-order chi connectivity index (χ0) is 13.9. The highest BCUT2D eigenvalue weighted by atomic mass is 79.9. The molecule has 0 aliphatic carbocycles. The van der Waals surface area contributed by atoms with Gasteiger partial charge in [-0.3, -0.25) is 0 Å². The Morgan fingerprint density at radius 3 is 2.39 bits per heavy atom. The molecule has 0 atom stereocenters. The first kappa shape index (κ1) is 15.0. The summed E-state index contributed by atoms with van der Waals surface area (Å²) in [5, 5.41) is -0.370. The predicted molar refractivity (Wildman–Crippen MR) is 68.2 cm³/mol. The average molecular weight is 337 g/mol. The maximum Gasteiger partial charge on any atom is 0.358 e. The molecule has 0 aliphatic heterocycles. The van der Waals surface area contributed by atoms with E-state index < -0.39 is 15.8 Å². The van der Waals surface area contributed by atoms with Gasteiger partial charge in [0, 0.05) is 6.26 Å². The van der Waals surface area contributed by atoms with E-state index in [1.807, 2.05) is 0 Å². The molecule has 0 N–H and O–H groups in total. The molecule has 0 aliphatic rings. The van der Waals surface area contributed by atoms with Crippen LogP contribution in [-0.4, -0.2) is 37.2 Å². The van der Waals surface area contributed by atoms with Crippen molar-refractivity contribution in [1.82, 2.24) is 9.97 Å². The van der Waals surface area contributed by atoms with Crippen molar-refractivity contribution in [2.45, 2.75) is 25.4 Å². The molecule has 0 unspecified atom stereocenters. The second-order valence-electron chi connectivity index (χ2n) is 3.46. The normalized spacial score (nSPS) is 11.3. The Balaban J connectivity index is 3.46. The van der Waals surface area contributed by atoms with Crippen molar-refractivity contribution < 1.29 is 17.9 Å². The van der Waals surface area contributed by atoms with Crippen LogP contribution in [0.1, 0.15) is 30.0 Å². The summed E-state index contributed by atoms with van der Waals surface area (Å²) in [4.78, 5) is 19.3. The fraction of sp³-hybridized carbons (Fsp3) is 0.500. The Kier molecular flexibility index (Phi) is 4.80. The van der Waals surface area contributed by atoms with E-state index in [-0.39, 0.29) is 17.5 Å². The van der Waals surface area contributed by atoms with E-state index in [1.165, 1.54) is 0 Å². The second-order valence-corrected chi connectivity index (χ2v) is 6.16. The zero-order valence-electron chi connectivity index (χ0n) is 10.2. The summed E-state index contributed by atoms with van der Waals surface area (Å²) < 4.78 is 28.1. The predicted octanol–water partition coefficient (Wildman–Crippen LogP) is 1.38. The minimum Gasteiger partial charge on any atom is -0.461 e. The van der Waals surface area contributed by atoms with Crippen LogP contribution in [0.4, 0.5) is 0 Å². The van der Waals surface area contributed by atoms with Crippen molar-refractivity contribution in [3.8, 4) is 0 Å². The highest BCUT2D eigenvalue weighted by Crippen LogP contribution is 2.22. The molecule has 0 aromatic carbocycles. The molecule has 0 fully saturated rings. The van der Waals surface area contributed by atoms with Gasteiger partial charge in [-0.1, -0.05) is 6.92 Å². The van der Waals surface area contributed by atoms with Crippen LogP contribution in [0.5, 0.6) is 0 Å². The lowest BCUT2D eigenvalue weighted by Gasteiger charge is -2.08. The van der Waals surface area contributed by atoms with Gasteiger partial charge in [0.25, 0.3) is 0 Å². The van der Waals surface area contributed by atoms with Crippen molar-refractivity contribution >= 4 is 31.7 Å². The van der Waals surface area contributed by atoms with Crippen molar-refractivity contribution in [2.75, 3.05) is 12.9 Å². The van der Waals surface area contributed by atoms with Crippen LogP contribution < -0.4 is 0 Å². The molecule has 0 radical (unpaired) electrons. The molecule has 0 spiro atoms. The fourth-order valence-electron chi connectivity index (χ4n) is 1.21. The third-order valence-electron chi connectivity index (χ3n) is 2.03. The molecule has 0 saturated heterocycles. The SMILES string of the molecule is CCOC(=O)c1nc(S(C)(=O)=O)nc(CC)c1Br. The number of nitrogens with zero attached hydrogens (tertiary/aromatic N) is 2. The van der Waals surface area contributed by atoms with Gasteiger partial charge in [-0.25, -0.2) is 23.2 Å². The average Bonchev–Trinajstić information content (AvgIpc) is 2.28. The van der Waals surface area contributed by atoms with Gasteiger partial charge in [0.05, 0.1) is 16.8 Å². The first-order valence-electron chi connectivity index (χ1n) is 5.24. The van der Waals surface area contributed by atoms with Gasteiger partial charge in [0.1, 0.15) is 0 Å². The second kappa shape index (κ2) is 5.75. The summed E-state index contributed by atoms with van der Waals surface area (Å²) in [6.07, 6.45) is 1.46. The molecule has 1 aromatic heterocycles. The van der Waals surface area contributed by atoms with Gasteiger partial charge in [-0.2, -0.15) is 0 Å². The number of hydrogen-bond acceptors (Lipinski definition) is 6. The van der Waals surface area contributed by atoms with E-state index in [0.717, 1.165) is 6.26 Å². The largest absolute Gasteiger partial charge is 0.461 e. The molecule has 8 heteroatoms. The lowest BCUT2D eigenvalue weighted by atomic mass is 10.3. The molecule has 0 saturated carbocycles. The molecular formula is C10H13BrN2O4S. The third kappa shape index (κ3) is 3.26. The number of halogens is 1. The smallest absolute Gasteiger partial charge is 0.358 e. The first-order chi connectivity index (χ1) is 8.31. The molecule has 1 heterocycles. The number of hydrogen-bond donors (Lipinski definition) is 0. The lowest BCUT2D eigenvalue weighted by molar-refractivity contribution is 0.0516. The number of ether oxygens (including phenoxy) is 1. The molecule has 0 bridgehead atoms. The number of esters is 1. The molecule has 0 amide bonds. The van der Waals surface area contributed by atoms with E-state index in [9.17, 15) is 13.2 Å². The highest BCUT2D eigenvalue weighted by molar-refractivity contribution is 9.10. The highest BCUT2D eigenvalue weighted by Gasteiger charge is 2.22. The number of aryl methyl sites for hydroxylation is 1. The third-order valence-corrected chi connectivity index (χ3v) is 3.71. The topological polar surface area (TPSA) is 86.2 Å². The standard InChI is InChI=1S/C10H13BrN2O4S/c1-4-6-7(11)8(9(14)17-5-2)13-10(12-6)18(3,15)16/h4-5H2,1-3H3. The first-order valence-corrected chi connectivity index (χ1v) is 7.93. The zero-order valence-corrected chi connectivity index (χ0v) is 12.6. The monoisotopic (exact) mass is 336 g/mol. The van der Waals surface area contributed by atoms with Crippen LogP contribution >= 0.6 is 15.9 Å². The molecular weight excluding hydrogens is 324 g/mol. The van der Waals surface area contributed by atoms with Gasteiger partial charge >= 0.3 is 5.97 Å². The molecule has 6 nitrogen and oxygen atoms in total. The van der Waals surface area contributed by atoms with E-state index in [4.69, 9.17) is 4.74 Å². The summed E-state index contributed by atoms with van der Waals surface area (Å²) in [5.74, 6) is -0.675. The van der Waals surface area contributed by atoms with E-state index in [1.54, 1.807) is 13.8 Å². The van der Waals surface area contributed by atoms with Crippen LogP contribution in [0.2, 0.25) is 0 Å². The van der Waals surface area contributed by atoms with Crippen molar-refractivity contribution in [2.24, 2.45) is 0 Å². The summed E-state index contributed by atoms with van der Waals surface area (Å²) in [6.45, 7) is 3.64. The maximum absolute atomic E-state index is 11.7. The van der Waals surface area contributed by atoms with Crippen molar-refractivity contribution in [3.05, 3.63) is 15.9 Å². The Labute approximate surface area is 114 Å². The Morgan fingerprint density at radius 2 is 1.94 bits per heavy atom. The van der Waals surface area contributed by atoms with Crippen LogP contribution in [0.15, 0.2) is 9.63 Å². The Hall–Kier alpha value is -1.02. The van der Waals surface area contributed by atoms with Gasteiger partial charge in [-0.15, -0.1) is 0 Å². The van der Waals surface area contributed by atoms with Crippen molar-refractivity contribution in [3.63, 3.8) is 0 Å². The van der Waals surface area contributed by atoms with Gasteiger partial charge in [-0.05, 0) is 29.3 Å². The Morgan fingerprint density at radius 1 is 1.33 bits per heavy atom. The molecule has 100 valence electrons. The number of aromatic nitrogens is 2. The molecule has 1 rings (SSSR count). The number of rotatable bonds is 4. The lowest BCUT2D eigenvalue weighted by Crippen LogP contribution is -2.15. The number of carbonyl (C=O) groups excluding carboxylic acids is 1. The number of sulfone groups is 1. The van der Waals surface area contributed by atoms with Gasteiger partial charge in [0.15, 0.2) is 5.69 Å². The van der Waals surface area contributed by atoms with E-state index in [0.29, 0.717) is 16.6 Å². The molecule has 18 heavy (non-hydrogen) atoms. The maximum atomic E-state index is 11.7. The van der Waals surface area contributed by atoms with E-state index >= 15 is 0 Å². The summed E-state index contributed by atoms with van der Waals surface area (Å²) in [7, 11) is -3.57. The van der Waals surface area contributed by atoms with Crippen LogP contribution in [-0.2, 0) is 21.0 Å². The van der Waals surface area contributed by atoms with Crippen LogP contribution in [0.25, 0.3) is 0 Å². The summed E-state index contributed by atoms with van der Waals surface area (Å²) >= 11 is 3.19. The summed E-state index contributed by atoms with van der Waals surface area (Å²) in [6, 6.07) is 0. The minimum absolute atomic E-state index is 0.0656. The summed E-state index contributed by atoms with van der Waals surface area (Å²) in [5.41, 5.74) is 0.387. The Bertz CT molecular complexity index is 571. The number of carbonyl (C=O) groups is 1. The van der Waals surface area contributed by atoms with E-state index in [2.05, 4.69) is 25.9 Å². The van der Waals surface area contributed by atoms with Gasteiger partial charge < -0.3 is 4.74 Å². The van der Waals surface area contributed by atoms with Crippen molar-refractivity contribution in [1.29, 1.82) is 0 Å². The fourth-order valence-corrected chi connectivity index (χ4v) is 2.36. The van der Waals surface area contributed by atoms with Gasteiger partial charge in [0.2, 0.25) is 15.0 Å². The minimum atomic E-state index is -3.57. The quantitative estimate of drug-likeness (QED) is 0.609.